The molecular weight excluding hydrogens is 236 g/mol. The molecule has 1 heterocycles. The molecule has 4 heteroatoms. The van der Waals surface area contributed by atoms with E-state index in [4.69, 9.17) is 5.73 Å². The summed E-state index contributed by atoms with van der Waals surface area (Å²) in [6.07, 6.45) is 3.46. The van der Waals surface area contributed by atoms with Crippen LogP contribution in [0.25, 0.3) is 10.9 Å². The summed E-state index contributed by atoms with van der Waals surface area (Å²) < 4.78 is 1.62. The third kappa shape index (κ3) is 2.25. The quantitative estimate of drug-likeness (QED) is 0.833. The van der Waals surface area contributed by atoms with Gasteiger partial charge in [-0.2, -0.15) is 0 Å². The first kappa shape index (κ1) is 13.5. The number of halogens is 1. The Bertz CT molecular complexity index is 560. The van der Waals surface area contributed by atoms with Gasteiger partial charge in [-0.3, -0.25) is 9.36 Å². The van der Waals surface area contributed by atoms with Crippen LogP contribution in [0, 0.1) is 0 Å². The summed E-state index contributed by atoms with van der Waals surface area (Å²) in [5, 5.41) is 1.00. The second kappa shape index (κ2) is 5.17. The summed E-state index contributed by atoms with van der Waals surface area (Å²) in [6.45, 7) is 5.22. The molecule has 0 saturated heterocycles. The van der Waals surface area contributed by atoms with Gasteiger partial charge in [0.2, 0.25) is 5.91 Å². The van der Waals surface area contributed by atoms with Crippen molar-refractivity contribution in [3.63, 3.8) is 0 Å². The molecule has 0 fully saturated rings. The number of nitrogens with two attached hydrogens (primary N) is 1. The first-order chi connectivity index (χ1) is 7.65. The van der Waals surface area contributed by atoms with Crippen molar-refractivity contribution in [2.75, 3.05) is 0 Å². The largest absolute Gasteiger partial charge is 0.321 e. The van der Waals surface area contributed by atoms with Gasteiger partial charge in [0.25, 0.3) is 0 Å². The maximum Gasteiger partial charge on any atom is 0.227 e. The molecular formula is C13H15ClN2O. The molecule has 1 aromatic heterocycles. The van der Waals surface area contributed by atoms with Crippen LogP contribution in [-0.4, -0.2) is 10.5 Å². The summed E-state index contributed by atoms with van der Waals surface area (Å²) >= 11 is 0. The third-order valence-corrected chi connectivity index (χ3v) is 2.70. The SMILES string of the molecule is C=C[C@H](N)c1cn(C(C)=O)c2ccccc12.Cl. The molecule has 0 unspecified atom stereocenters. The topological polar surface area (TPSA) is 48.0 Å². The molecule has 2 aromatic rings. The molecule has 0 bridgehead atoms. The van der Waals surface area contributed by atoms with Crippen molar-refractivity contribution in [1.29, 1.82) is 0 Å². The third-order valence-electron chi connectivity index (χ3n) is 2.70. The molecule has 0 spiro atoms. The van der Waals surface area contributed by atoms with Gasteiger partial charge in [0.1, 0.15) is 0 Å². The molecule has 0 amide bonds. The van der Waals surface area contributed by atoms with Crippen LogP contribution in [0.3, 0.4) is 0 Å². The molecule has 3 nitrogen and oxygen atoms in total. The first-order valence-electron chi connectivity index (χ1n) is 5.14. The number of hydrogen-bond acceptors (Lipinski definition) is 2. The molecule has 17 heavy (non-hydrogen) atoms. The minimum absolute atomic E-state index is 0. The fourth-order valence-corrected chi connectivity index (χ4v) is 1.86. The monoisotopic (exact) mass is 250 g/mol. The fourth-order valence-electron chi connectivity index (χ4n) is 1.86. The second-order valence-electron chi connectivity index (χ2n) is 3.75. The number of carbonyl (C=O) groups is 1. The van der Waals surface area contributed by atoms with E-state index >= 15 is 0 Å². The average molecular weight is 251 g/mol. The van der Waals surface area contributed by atoms with Gasteiger partial charge in [-0.25, -0.2) is 0 Å². The summed E-state index contributed by atoms with van der Waals surface area (Å²) in [5.74, 6) is -0.0151. The van der Waals surface area contributed by atoms with Crippen molar-refractivity contribution in [2.24, 2.45) is 5.73 Å². The number of fused-ring (bicyclic) bond motifs is 1. The predicted molar refractivity (Wildman–Crippen MR) is 72.6 cm³/mol. The van der Waals surface area contributed by atoms with E-state index in [1.54, 1.807) is 16.8 Å². The number of nitrogens with zero attached hydrogens (tertiary/aromatic N) is 1. The number of aromatic nitrogens is 1. The van der Waals surface area contributed by atoms with E-state index in [1.165, 1.54) is 6.92 Å². The summed E-state index contributed by atoms with van der Waals surface area (Å²) in [4.78, 5) is 11.5. The van der Waals surface area contributed by atoms with Crippen LogP contribution < -0.4 is 5.73 Å². The molecule has 1 aromatic carbocycles. The molecule has 0 aliphatic heterocycles. The van der Waals surface area contributed by atoms with Gasteiger partial charge in [0.15, 0.2) is 0 Å². The van der Waals surface area contributed by atoms with Gasteiger partial charge in [-0.15, -0.1) is 19.0 Å². The van der Waals surface area contributed by atoms with Crippen LogP contribution >= 0.6 is 12.4 Å². The zero-order valence-corrected chi connectivity index (χ0v) is 10.4. The fraction of sp³-hybridized carbons (Fsp3) is 0.154. The van der Waals surface area contributed by atoms with E-state index in [9.17, 15) is 4.79 Å². The van der Waals surface area contributed by atoms with Crippen LogP contribution in [0.1, 0.15) is 23.3 Å². The highest BCUT2D eigenvalue weighted by Gasteiger charge is 2.13. The molecule has 2 N–H and O–H groups in total. The highest BCUT2D eigenvalue weighted by atomic mass is 35.5. The number of rotatable bonds is 2. The predicted octanol–water partition coefficient (Wildman–Crippen LogP) is 2.91. The Labute approximate surface area is 106 Å². The number of hydrogen-bond donors (Lipinski definition) is 1. The Morgan fingerprint density at radius 1 is 1.47 bits per heavy atom. The van der Waals surface area contributed by atoms with E-state index < -0.39 is 0 Å². The maximum atomic E-state index is 11.5. The van der Waals surface area contributed by atoms with Gasteiger partial charge in [0, 0.05) is 24.5 Å². The molecule has 0 radical (unpaired) electrons. The van der Waals surface area contributed by atoms with Crippen LogP contribution in [0.15, 0.2) is 43.1 Å². The highest BCUT2D eigenvalue weighted by Crippen LogP contribution is 2.25. The molecule has 0 saturated carbocycles. The molecule has 0 aliphatic carbocycles. The lowest BCUT2D eigenvalue weighted by Gasteiger charge is -2.02. The van der Waals surface area contributed by atoms with Crippen molar-refractivity contribution >= 4 is 29.2 Å². The lowest BCUT2D eigenvalue weighted by atomic mass is 10.1. The number of carbonyl (C=O) groups excluding carboxylic acids is 1. The van der Waals surface area contributed by atoms with Crippen molar-refractivity contribution in [1.82, 2.24) is 4.57 Å². The Morgan fingerprint density at radius 2 is 2.12 bits per heavy atom. The summed E-state index contributed by atoms with van der Waals surface area (Å²) in [5.41, 5.74) is 7.75. The van der Waals surface area contributed by atoms with E-state index in [-0.39, 0.29) is 24.4 Å². The Kier molecular flexibility index (Phi) is 4.10. The molecule has 2 rings (SSSR count). The summed E-state index contributed by atoms with van der Waals surface area (Å²) in [6, 6.07) is 7.48. The van der Waals surface area contributed by atoms with Gasteiger partial charge in [-0.05, 0) is 11.6 Å². The Hall–Kier alpha value is -1.58. The lowest BCUT2D eigenvalue weighted by Crippen LogP contribution is -2.06. The Morgan fingerprint density at radius 3 is 2.71 bits per heavy atom. The number of para-hydroxylation sites is 1. The van der Waals surface area contributed by atoms with Crippen LogP contribution in [0.2, 0.25) is 0 Å². The molecule has 1 atom stereocenters. The van der Waals surface area contributed by atoms with Crippen LogP contribution in [0.4, 0.5) is 0 Å². The van der Waals surface area contributed by atoms with Crippen molar-refractivity contribution < 1.29 is 4.79 Å². The maximum absolute atomic E-state index is 11.5. The van der Waals surface area contributed by atoms with Gasteiger partial charge >= 0.3 is 0 Å². The number of benzene rings is 1. The first-order valence-corrected chi connectivity index (χ1v) is 5.14. The zero-order valence-electron chi connectivity index (χ0n) is 9.59. The minimum Gasteiger partial charge on any atom is -0.321 e. The van der Waals surface area contributed by atoms with Crippen LogP contribution in [-0.2, 0) is 0 Å². The van der Waals surface area contributed by atoms with E-state index in [0.29, 0.717) is 0 Å². The molecule has 0 aliphatic rings. The summed E-state index contributed by atoms with van der Waals surface area (Å²) in [7, 11) is 0. The average Bonchev–Trinajstić information content (AvgIpc) is 2.67. The Balaban J connectivity index is 0.00000144. The smallest absolute Gasteiger partial charge is 0.227 e. The zero-order chi connectivity index (χ0) is 11.7. The molecule has 90 valence electrons. The minimum atomic E-state index is -0.245. The normalized spacial score (nSPS) is 11.9. The van der Waals surface area contributed by atoms with E-state index in [2.05, 4.69) is 6.58 Å². The van der Waals surface area contributed by atoms with Gasteiger partial charge in [-0.1, -0.05) is 24.3 Å². The van der Waals surface area contributed by atoms with E-state index in [1.807, 2.05) is 24.3 Å². The van der Waals surface area contributed by atoms with Crippen molar-refractivity contribution in [3.8, 4) is 0 Å². The van der Waals surface area contributed by atoms with Gasteiger partial charge < -0.3 is 5.73 Å². The van der Waals surface area contributed by atoms with Gasteiger partial charge in [0.05, 0.1) is 5.52 Å². The second-order valence-corrected chi connectivity index (χ2v) is 3.75. The van der Waals surface area contributed by atoms with Crippen LogP contribution in [0.5, 0.6) is 0 Å². The standard InChI is InChI=1S/C13H14N2O.ClH/c1-3-12(14)11-8-15(9(2)16)13-7-5-4-6-10(11)13;/h3-8,12H,1,14H2,2H3;1H/t12-;/m0./s1. The lowest BCUT2D eigenvalue weighted by molar-refractivity contribution is 0.0941. The van der Waals surface area contributed by atoms with E-state index in [0.717, 1.165) is 16.5 Å². The highest BCUT2D eigenvalue weighted by molar-refractivity contribution is 5.94. The van der Waals surface area contributed by atoms with Crippen molar-refractivity contribution in [2.45, 2.75) is 13.0 Å². The van der Waals surface area contributed by atoms with Crippen molar-refractivity contribution in [3.05, 3.63) is 48.7 Å².